The number of hydrogen-bond donors (Lipinski definition) is 0. The average Bonchev–Trinajstić information content (AvgIpc) is 3.49. The van der Waals surface area contributed by atoms with Crippen molar-refractivity contribution in [2.24, 2.45) is 5.10 Å². The first-order valence-corrected chi connectivity index (χ1v) is 11.9. The standard InChI is InChI=1S/C22H18N4O3S2/c1-29-16-5-7-17(8-6-16)31(27,28)26-21(14-20(25-26)22-3-2-12-30-22)15-4-9-18-19(13-15)24-11-10-23-18/h2-13,21H,14H2,1H3/t21-/m0/s1. The molecule has 31 heavy (non-hydrogen) atoms. The van der Waals surface area contributed by atoms with Gasteiger partial charge in [-0.05, 0) is 53.4 Å². The predicted molar refractivity (Wildman–Crippen MR) is 120 cm³/mol. The molecule has 1 aliphatic heterocycles. The van der Waals surface area contributed by atoms with Crippen molar-refractivity contribution in [2.75, 3.05) is 7.11 Å². The lowest BCUT2D eigenvalue weighted by Gasteiger charge is -2.23. The number of benzene rings is 2. The molecule has 2 aromatic carbocycles. The summed E-state index contributed by atoms with van der Waals surface area (Å²) in [5, 5.41) is 6.52. The van der Waals surface area contributed by atoms with E-state index in [0.717, 1.165) is 21.7 Å². The summed E-state index contributed by atoms with van der Waals surface area (Å²) >= 11 is 1.54. The fraction of sp³-hybridized carbons (Fsp3) is 0.136. The lowest BCUT2D eigenvalue weighted by atomic mass is 10.0. The highest BCUT2D eigenvalue weighted by atomic mass is 32.2. The first kappa shape index (κ1) is 19.7. The van der Waals surface area contributed by atoms with Gasteiger partial charge < -0.3 is 4.74 Å². The average molecular weight is 451 g/mol. The van der Waals surface area contributed by atoms with Crippen LogP contribution < -0.4 is 4.74 Å². The molecule has 2 aromatic heterocycles. The third kappa shape index (κ3) is 3.55. The van der Waals surface area contributed by atoms with Gasteiger partial charge in [-0.15, -0.1) is 11.3 Å². The molecule has 0 saturated carbocycles. The Bertz CT molecular complexity index is 1370. The Morgan fingerprint density at radius 3 is 2.52 bits per heavy atom. The number of rotatable bonds is 5. The Labute approximate surface area is 183 Å². The zero-order valence-corrected chi connectivity index (χ0v) is 18.2. The van der Waals surface area contributed by atoms with Gasteiger partial charge in [0, 0.05) is 18.8 Å². The van der Waals surface area contributed by atoms with E-state index in [2.05, 4.69) is 15.1 Å². The minimum atomic E-state index is -3.88. The maximum Gasteiger partial charge on any atom is 0.279 e. The first-order chi connectivity index (χ1) is 15.1. The smallest absolute Gasteiger partial charge is 0.279 e. The molecule has 156 valence electrons. The van der Waals surface area contributed by atoms with Crippen LogP contribution in [0.25, 0.3) is 11.0 Å². The SMILES string of the molecule is COc1ccc(S(=O)(=O)N2N=C(c3cccs3)C[C@H]2c2ccc3nccnc3c2)cc1. The van der Waals surface area contributed by atoms with Crippen molar-refractivity contribution in [3.05, 3.63) is 82.8 Å². The van der Waals surface area contributed by atoms with Crippen LogP contribution in [0.15, 0.2) is 82.4 Å². The molecule has 0 aliphatic carbocycles. The van der Waals surface area contributed by atoms with E-state index in [1.807, 2.05) is 35.7 Å². The highest BCUT2D eigenvalue weighted by Crippen LogP contribution is 2.38. The van der Waals surface area contributed by atoms with Crippen molar-refractivity contribution in [1.29, 1.82) is 0 Å². The second-order valence-corrected chi connectivity index (χ2v) is 9.74. The Hall–Kier alpha value is -3.30. The molecule has 0 radical (unpaired) electrons. The lowest BCUT2D eigenvalue weighted by molar-refractivity contribution is 0.371. The van der Waals surface area contributed by atoms with Crippen LogP contribution >= 0.6 is 11.3 Å². The van der Waals surface area contributed by atoms with Crippen LogP contribution in [0.2, 0.25) is 0 Å². The molecule has 0 bridgehead atoms. The van der Waals surface area contributed by atoms with Gasteiger partial charge in [-0.25, -0.2) is 0 Å². The van der Waals surface area contributed by atoms with Gasteiger partial charge in [-0.2, -0.15) is 17.9 Å². The zero-order valence-electron chi connectivity index (χ0n) is 16.5. The minimum Gasteiger partial charge on any atom is -0.497 e. The quantitative estimate of drug-likeness (QED) is 0.454. The zero-order chi connectivity index (χ0) is 21.4. The Morgan fingerprint density at radius 2 is 1.81 bits per heavy atom. The summed E-state index contributed by atoms with van der Waals surface area (Å²) in [7, 11) is -2.34. The van der Waals surface area contributed by atoms with Gasteiger partial charge in [0.1, 0.15) is 5.75 Å². The van der Waals surface area contributed by atoms with Gasteiger partial charge >= 0.3 is 0 Å². The predicted octanol–water partition coefficient (Wildman–Crippen LogP) is 4.24. The lowest BCUT2D eigenvalue weighted by Crippen LogP contribution is -2.27. The van der Waals surface area contributed by atoms with Crippen LogP contribution in [0.1, 0.15) is 22.9 Å². The molecule has 0 N–H and O–H groups in total. The molecule has 0 unspecified atom stereocenters. The second kappa shape index (κ2) is 7.75. The van der Waals surface area contributed by atoms with E-state index in [9.17, 15) is 8.42 Å². The number of methoxy groups -OCH3 is 1. The fourth-order valence-electron chi connectivity index (χ4n) is 3.59. The summed E-state index contributed by atoms with van der Waals surface area (Å²) < 4.78 is 33.5. The summed E-state index contributed by atoms with van der Waals surface area (Å²) in [4.78, 5) is 9.79. The van der Waals surface area contributed by atoms with Crippen molar-refractivity contribution in [3.8, 4) is 5.75 Å². The molecule has 9 heteroatoms. The van der Waals surface area contributed by atoms with Crippen LogP contribution in [0, 0.1) is 0 Å². The molecule has 7 nitrogen and oxygen atoms in total. The Morgan fingerprint density at radius 1 is 1.03 bits per heavy atom. The number of hydrogen-bond acceptors (Lipinski definition) is 7. The van der Waals surface area contributed by atoms with Crippen molar-refractivity contribution in [1.82, 2.24) is 14.4 Å². The molecular weight excluding hydrogens is 432 g/mol. The number of aromatic nitrogens is 2. The topological polar surface area (TPSA) is 84.8 Å². The molecule has 0 amide bonds. The van der Waals surface area contributed by atoms with E-state index in [0.29, 0.717) is 17.7 Å². The largest absolute Gasteiger partial charge is 0.497 e. The maximum absolute atomic E-state index is 13.6. The van der Waals surface area contributed by atoms with E-state index in [1.54, 1.807) is 43.0 Å². The summed E-state index contributed by atoms with van der Waals surface area (Å²) in [5.41, 5.74) is 3.04. The third-order valence-electron chi connectivity index (χ3n) is 5.16. The number of thiophene rings is 1. The highest BCUT2D eigenvalue weighted by Gasteiger charge is 2.38. The number of hydrazone groups is 1. The van der Waals surface area contributed by atoms with Crippen molar-refractivity contribution < 1.29 is 13.2 Å². The molecular formula is C22H18N4O3S2. The van der Waals surface area contributed by atoms with E-state index in [-0.39, 0.29) is 4.90 Å². The van der Waals surface area contributed by atoms with Crippen LogP contribution in [0.3, 0.4) is 0 Å². The van der Waals surface area contributed by atoms with Crippen molar-refractivity contribution in [3.63, 3.8) is 0 Å². The van der Waals surface area contributed by atoms with Crippen LogP contribution in [-0.2, 0) is 10.0 Å². The monoisotopic (exact) mass is 450 g/mol. The van der Waals surface area contributed by atoms with E-state index in [4.69, 9.17) is 4.74 Å². The third-order valence-corrected chi connectivity index (χ3v) is 7.78. The summed E-state index contributed by atoms with van der Waals surface area (Å²) in [5.74, 6) is 0.591. The maximum atomic E-state index is 13.6. The summed E-state index contributed by atoms with van der Waals surface area (Å²) in [6.45, 7) is 0. The van der Waals surface area contributed by atoms with Gasteiger partial charge in [0.25, 0.3) is 10.0 Å². The van der Waals surface area contributed by atoms with Gasteiger partial charge in [0.15, 0.2) is 0 Å². The van der Waals surface area contributed by atoms with Crippen molar-refractivity contribution in [2.45, 2.75) is 17.4 Å². The summed E-state index contributed by atoms with van der Waals surface area (Å²) in [6.07, 6.45) is 3.73. The van der Waals surface area contributed by atoms with Crippen molar-refractivity contribution >= 4 is 38.1 Å². The van der Waals surface area contributed by atoms with Gasteiger partial charge in [0.05, 0.1) is 39.7 Å². The molecule has 3 heterocycles. The fourth-order valence-corrected chi connectivity index (χ4v) is 5.75. The molecule has 1 atom stereocenters. The van der Waals surface area contributed by atoms with Crippen LogP contribution in [-0.4, -0.2) is 35.6 Å². The number of ether oxygens (including phenoxy) is 1. The number of nitrogens with zero attached hydrogens (tertiary/aromatic N) is 4. The highest BCUT2D eigenvalue weighted by molar-refractivity contribution is 7.89. The molecule has 0 saturated heterocycles. The molecule has 1 aliphatic rings. The van der Waals surface area contributed by atoms with E-state index in [1.165, 1.54) is 16.5 Å². The summed E-state index contributed by atoms with van der Waals surface area (Å²) in [6, 6.07) is 15.4. The Kier molecular flexibility index (Phi) is 4.91. The molecule has 5 rings (SSSR count). The van der Waals surface area contributed by atoms with Crippen LogP contribution in [0.4, 0.5) is 0 Å². The normalized spacial score (nSPS) is 16.5. The van der Waals surface area contributed by atoms with Gasteiger partial charge in [-0.3, -0.25) is 9.97 Å². The number of sulfonamides is 1. The minimum absolute atomic E-state index is 0.162. The second-order valence-electron chi connectivity index (χ2n) is 7.00. The molecule has 0 fully saturated rings. The van der Waals surface area contributed by atoms with E-state index >= 15 is 0 Å². The number of fused-ring (bicyclic) bond motifs is 1. The Balaban J connectivity index is 1.60. The van der Waals surface area contributed by atoms with Crippen LogP contribution in [0.5, 0.6) is 5.75 Å². The first-order valence-electron chi connectivity index (χ1n) is 9.57. The van der Waals surface area contributed by atoms with Gasteiger partial charge in [-0.1, -0.05) is 12.1 Å². The molecule has 4 aromatic rings. The molecule has 0 spiro atoms. The van der Waals surface area contributed by atoms with E-state index < -0.39 is 16.1 Å². The van der Waals surface area contributed by atoms with Gasteiger partial charge in [0.2, 0.25) is 0 Å².